The Morgan fingerprint density at radius 2 is 2.15 bits per heavy atom. The van der Waals surface area contributed by atoms with Gasteiger partial charge < -0.3 is 5.73 Å². The average molecular weight is 292 g/mol. The van der Waals surface area contributed by atoms with E-state index in [0.717, 1.165) is 5.56 Å². The summed E-state index contributed by atoms with van der Waals surface area (Å²) >= 11 is 1.50. The van der Waals surface area contributed by atoms with E-state index in [1.54, 1.807) is 4.57 Å². The number of aromatic amines is 1. The van der Waals surface area contributed by atoms with Crippen molar-refractivity contribution in [1.82, 2.24) is 14.8 Å². The summed E-state index contributed by atoms with van der Waals surface area (Å²) in [6.45, 7) is 6.70. The van der Waals surface area contributed by atoms with Crippen LogP contribution in [0.4, 0.5) is 0 Å². The summed E-state index contributed by atoms with van der Waals surface area (Å²) in [6, 6.07) is 6.20. The highest BCUT2D eigenvalue weighted by molar-refractivity contribution is 7.99. The SMILES string of the molecule is CCn1c(SCC(N)c2ccc(C)c(C)c2)n[nH]c1=O. The van der Waals surface area contributed by atoms with Crippen molar-refractivity contribution in [2.24, 2.45) is 5.73 Å². The number of nitrogens with zero attached hydrogens (tertiary/aromatic N) is 2. The van der Waals surface area contributed by atoms with Gasteiger partial charge in [0.1, 0.15) is 0 Å². The molecule has 0 fully saturated rings. The molecule has 2 rings (SSSR count). The van der Waals surface area contributed by atoms with E-state index in [9.17, 15) is 4.79 Å². The predicted molar refractivity (Wildman–Crippen MR) is 82.1 cm³/mol. The van der Waals surface area contributed by atoms with Crippen LogP contribution < -0.4 is 11.4 Å². The van der Waals surface area contributed by atoms with Crippen molar-refractivity contribution >= 4 is 11.8 Å². The number of hydrogen-bond acceptors (Lipinski definition) is 4. The van der Waals surface area contributed by atoms with Crippen molar-refractivity contribution < 1.29 is 0 Å². The van der Waals surface area contributed by atoms with Gasteiger partial charge in [-0.3, -0.25) is 4.57 Å². The minimum absolute atomic E-state index is 0.0728. The summed E-state index contributed by atoms with van der Waals surface area (Å²) < 4.78 is 1.61. The Labute approximate surface area is 122 Å². The highest BCUT2D eigenvalue weighted by atomic mass is 32.2. The van der Waals surface area contributed by atoms with Crippen molar-refractivity contribution in [1.29, 1.82) is 0 Å². The van der Waals surface area contributed by atoms with Crippen LogP contribution in [0.2, 0.25) is 0 Å². The zero-order valence-corrected chi connectivity index (χ0v) is 12.8. The first-order chi connectivity index (χ1) is 9.52. The molecule has 2 aromatic rings. The van der Waals surface area contributed by atoms with Gasteiger partial charge in [-0.1, -0.05) is 30.0 Å². The Morgan fingerprint density at radius 1 is 1.40 bits per heavy atom. The number of hydrogen-bond donors (Lipinski definition) is 2. The maximum Gasteiger partial charge on any atom is 0.343 e. The number of nitrogens with one attached hydrogen (secondary N) is 1. The highest BCUT2D eigenvalue weighted by Crippen LogP contribution is 2.22. The van der Waals surface area contributed by atoms with Crippen LogP contribution in [0.5, 0.6) is 0 Å². The summed E-state index contributed by atoms with van der Waals surface area (Å²) in [4.78, 5) is 11.5. The van der Waals surface area contributed by atoms with Gasteiger partial charge in [0.25, 0.3) is 0 Å². The number of H-pyrrole nitrogens is 1. The minimum Gasteiger partial charge on any atom is -0.323 e. The summed E-state index contributed by atoms with van der Waals surface area (Å²) in [6.07, 6.45) is 0. The Kier molecular flexibility index (Phi) is 4.67. The fraction of sp³-hybridized carbons (Fsp3) is 0.429. The standard InChI is InChI=1S/C14H20N4OS/c1-4-18-13(19)16-17-14(18)20-8-12(15)11-6-5-9(2)10(3)7-11/h5-7,12H,4,8,15H2,1-3H3,(H,16,19). The lowest BCUT2D eigenvalue weighted by Crippen LogP contribution is -2.17. The van der Waals surface area contributed by atoms with Gasteiger partial charge in [-0.15, -0.1) is 5.10 Å². The number of aromatic nitrogens is 3. The summed E-state index contributed by atoms with van der Waals surface area (Å²) in [5.41, 5.74) is 9.66. The number of benzene rings is 1. The Balaban J connectivity index is 2.06. The minimum atomic E-state index is -0.172. The molecule has 6 heteroatoms. The smallest absolute Gasteiger partial charge is 0.323 e. The first-order valence-electron chi connectivity index (χ1n) is 6.63. The molecule has 1 aromatic heterocycles. The van der Waals surface area contributed by atoms with Crippen molar-refractivity contribution in [3.05, 3.63) is 45.4 Å². The molecule has 108 valence electrons. The molecule has 0 spiro atoms. The Bertz CT molecular complexity index is 647. The van der Waals surface area contributed by atoms with Crippen LogP contribution in [0.25, 0.3) is 0 Å². The second kappa shape index (κ2) is 6.28. The zero-order chi connectivity index (χ0) is 14.7. The van der Waals surface area contributed by atoms with E-state index >= 15 is 0 Å². The van der Waals surface area contributed by atoms with Crippen LogP contribution in [0.1, 0.15) is 29.7 Å². The van der Waals surface area contributed by atoms with E-state index in [2.05, 4.69) is 42.2 Å². The lowest BCUT2D eigenvalue weighted by molar-refractivity contribution is 0.659. The summed E-state index contributed by atoms with van der Waals surface area (Å²) in [5.74, 6) is 0.687. The first kappa shape index (κ1) is 14.9. The third-order valence-corrected chi connectivity index (χ3v) is 4.49. The average Bonchev–Trinajstić information content (AvgIpc) is 2.79. The van der Waals surface area contributed by atoms with Crippen molar-refractivity contribution in [2.75, 3.05) is 5.75 Å². The number of rotatable bonds is 5. The molecule has 0 bridgehead atoms. The van der Waals surface area contributed by atoms with E-state index < -0.39 is 0 Å². The van der Waals surface area contributed by atoms with E-state index in [1.165, 1.54) is 22.9 Å². The van der Waals surface area contributed by atoms with Gasteiger partial charge in [0.2, 0.25) is 0 Å². The molecule has 1 heterocycles. The normalized spacial score (nSPS) is 12.6. The molecule has 0 aliphatic rings. The van der Waals surface area contributed by atoms with Crippen LogP contribution in [-0.2, 0) is 6.54 Å². The third kappa shape index (κ3) is 3.13. The van der Waals surface area contributed by atoms with Crippen molar-refractivity contribution in [2.45, 2.75) is 38.5 Å². The maximum atomic E-state index is 11.5. The molecule has 1 atom stereocenters. The molecule has 5 nitrogen and oxygen atoms in total. The topological polar surface area (TPSA) is 76.7 Å². The number of nitrogens with two attached hydrogens (primary N) is 1. The summed E-state index contributed by atoms with van der Waals surface area (Å²) in [5, 5.41) is 7.17. The fourth-order valence-corrected chi connectivity index (χ4v) is 2.95. The molecule has 20 heavy (non-hydrogen) atoms. The second-order valence-corrected chi connectivity index (χ2v) is 5.80. The molecule has 0 saturated carbocycles. The zero-order valence-electron chi connectivity index (χ0n) is 12.0. The molecular formula is C14H20N4OS. The molecule has 0 radical (unpaired) electrons. The molecule has 3 N–H and O–H groups in total. The lowest BCUT2D eigenvalue weighted by Gasteiger charge is -2.13. The van der Waals surface area contributed by atoms with Gasteiger partial charge in [-0.05, 0) is 37.5 Å². The number of aryl methyl sites for hydroxylation is 2. The first-order valence-corrected chi connectivity index (χ1v) is 7.62. The van der Waals surface area contributed by atoms with Crippen LogP contribution >= 0.6 is 11.8 Å². The van der Waals surface area contributed by atoms with Gasteiger partial charge in [0, 0.05) is 18.3 Å². The van der Waals surface area contributed by atoms with Gasteiger partial charge in [-0.2, -0.15) is 0 Å². The fourth-order valence-electron chi connectivity index (χ4n) is 1.95. The Morgan fingerprint density at radius 3 is 2.80 bits per heavy atom. The van der Waals surface area contributed by atoms with Gasteiger partial charge >= 0.3 is 5.69 Å². The highest BCUT2D eigenvalue weighted by Gasteiger charge is 2.12. The van der Waals surface area contributed by atoms with Gasteiger partial charge in [0.15, 0.2) is 5.16 Å². The van der Waals surface area contributed by atoms with Gasteiger partial charge in [-0.25, -0.2) is 9.89 Å². The van der Waals surface area contributed by atoms with Crippen LogP contribution in [-0.4, -0.2) is 20.5 Å². The predicted octanol–water partition coefficient (Wildman–Crippen LogP) is 2.00. The van der Waals surface area contributed by atoms with E-state index in [0.29, 0.717) is 17.5 Å². The van der Waals surface area contributed by atoms with Crippen LogP contribution in [0.3, 0.4) is 0 Å². The monoisotopic (exact) mass is 292 g/mol. The van der Waals surface area contributed by atoms with Crippen molar-refractivity contribution in [3.63, 3.8) is 0 Å². The molecule has 1 aromatic carbocycles. The lowest BCUT2D eigenvalue weighted by atomic mass is 10.0. The third-order valence-electron chi connectivity index (χ3n) is 3.39. The van der Waals surface area contributed by atoms with Gasteiger partial charge in [0.05, 0.1) is 0 Å². The van der Waals surface area contributed by atoms with Crippen LogP contribution in [0.15, 0.2) is 28.2 Å². The Hall–Kier alpha value is -1.53. The molecule has 0 aliphatic carbocycles. The van der Waals surface area contributed by atoms with E-state index in [4.69, 9.17) is 5.73 Å². The molecule has 1 unspecified atom stereocenters. The largest absolute Gasteiger partial charge is 0.343 e. The van der Waals surface area contributed by atoms with E-state index in [-0.39, 0.29) is 11.7 Å². The summed E-state index contributed by atoms with van der Waals surface area (Å²) in [7, 11) is 0. The van der Waals surface area contributed by atoms with Crippen molar-refractivity contribution in [3.8, 4) is 0 Å². The molecular weight excluding hydrogens is 272 g/mol. The second-order valence-electron chi connectivity index (χ2n) is 4.82. The number of thioether (sulfide) groups is 1. The quantitative estimate of drug-likeness (QED) is 0.826. The molecule has 0 saturated heterocycles. The molecule has 0 aliphatic heterocycles. The maximum absolute atomic E-state index is 11.5. The van der Waals surface area contributed by atoms with Crippen LogP contribution in [0, 0.1) is 13.8 Å². The molecule has 0 amide bonds. The van der Waals surface area contributed by atoms with E-state index in [1.807, 2.05) is 6.92 Å².